The Morgan fingerprint density at radius 2 is 1.68 bits per heavy atom. The molecule has 0 aromatic heterocycles. The standard InChI is InChI=1S/C17H25NO/c1-4-16(2,3)18-15(19)11-17-8-12-5-13(9-17)7-14(6-12)10-17/h1,12-14H,5-11H2,2-3H3,(H,18,19). The smallest absolute Gasteiger partial charge is 0.221 e. The van der Waals surface area contributed by atoms with Gasteiger partial charge in [0.2, 0.25) is 5.91 Å². The molecule has 104 valence electrons. The Bertz CT molecular complexity index is 394. The van der Waals surface area contributed by atoms with Crippen LogP contribution in [-0.4, -0.2) is 11.4 Å². The van der Waals surface area contributed by atoms with Crippen LogP contribution in [0.25, 0.3) is 0 Å². The molecule has 2 heteroatoms. The molecule has 0 aliphatic heterocycles. The maximum Gasteiger partial charge on any atom is 0.221 e. The van der Waals surface area contributed by atoms with E-state index in [1.165, 1.54) is 38.5 Å². The lowest BCUT2D eigenvalue weighted by Gasteiger charge is -2.56. The highest BCUT2D eigenvalue weighted by Gasteiger charge is 2.51. The lowest BCUT2D eigenvalue weighted by atomic mass is 9.49. The van der Waals surface area contributed by atoms with Gasteiger partial charge in [-0.3, -0.25) is 4.79 Å². The first-order valence-electron chi connectivity index (χ1n) is 7.68. The summed E-state index contributed by atoms with van der Waals surface area (Å²) in [7, 11) is 0. The Morgan fingerprint density at radius 1 is 1.21 bits per heavy atom. The van der Waals surface area contributed by atoms with Crippen LogP contribution in [0.5, 0.6) is 0 Å². The van der Waals surface area contributed by atoms with E-state index < -0.39 is 5.54 Å². The van der Waals surface area contributed by atoms with E-state index in [1.807, 2.05) is 13.8 Å². The van der Waals surface area contributed by atoms with Gasteiger partial charge in [-0.2, -0.15) is 0 Å². The van der Waals surface area contributed by atoms with E-state index in [1.54, 1.807) is 0 Å². The second kappa shape index (κ2) is 4.27. The third-order valence-corrected chi connectivity index (χ3v) is 5.51. The summed E-state index contributed by atoms with van der Waals surface area (Å²) in [4.78, 5) is 12.3. The highest BCUT2D eigenvalue weighted by Crippen LogP contribution is 2.61. The lowest BCUT2D eigenvalue weighted by Crippen LogP contribution is -2.50. The molecule has 1 amide bonds. The lowest BCUT2D eigenvalue weighted by molar-refractivity contribution is -0.130. The molecule has 0 heterocycles. The van der Waals surface area contributed by atoms with E-state index in [9.17, 15) is 4.79 Å². The zero-order valence-electron chi connectivity index (χ0n) is 12.2. The van der Waals surface area contributed by atoms with Crippen molar-refractivity contribution >= 4 is 5.91 Å². The number of amides is 1. The summed E-state index contributed by atoms with van der Waals surface area (Å²) in [5.74, 6) is 5.51. The third-order valence-electron chi connectivity index (χ3n) is 5.51. The van der Waals surface area contributed by atoms with Crippen LogP contribution in [-0.2, 0) is 4.79 Å². The second-order valence-electron chi connectivity index (χ2n) is 7.91. The SMILES string of the molecule is C#CC(C)(C)NC(=O)CC12CC3CC(CC(C3)C1)C2. The number of hydrogen-bond acceptors (Lipinski definition) is 1. The first-order chi connectivity index (χ1) is 8.90. The van der Waals surface area contributed by atoms with Crippen molar-refractivity contribution in [2.45, 2.75) is 64.3 Å². The molecule has 0 spiro atoms. The average Bonchev–Trinajstić information content (AvgIpc) is 2.25. The molecular weight excluding hydrogens is 234 g/mol. The van der Waals surface area contributed by atoms with Crippen molar-refractivity contribution in [2.75, 3.05) is 0 Å². The Labute approximate surface area is 116 Å². The van der Waals surface area contributed by atoms with Crippen LogP contribution in [0.15, 0.2) is 0 Å². The zero-order valence-corrected chi connectivity index (χ0v) is 12.2. The molecule has 4 bridgehead atoms. The van der Waals surface area contributed by atoms with Gasteiger partial charge in [-0.15, -0.1) is 6.42 Å². The van der Waals surface area contributed by atoms with Crippen LogP contribution in [0.1, 0.15) is 58.8 Å². The first-order valence-corrected chi connectivity index (χ1v) is 7.68. The van der Waals surface area contributed by atoms with Gasteiger partial charge in [0.05, 0.1) is 5.54 Å². The van der Waals surface area contributed by atoms with Crippen molar-refractivity contribution in [3.63, 3.8) is 0 Å². The fourth-order valence-electron chi connectivity index (χ4n) is 5.28. The molecule has 0 unspecified atom stereocenters. The van der Waals surface area contributed by atoms with Crippen LogP contribution in [0.4, 0.5) is 0 Å². The molecule has 4 saturated carbocycles. The fourth-order valence-corrected chi connectivity index (χ4v) is 5.28. The number of carbonyl (C=O) groups excluding carboxylic acids is 1. The molecule has 19 heavy (non-hydrogen) atoms. The van der Waals surface area contributed by atoms with Crippen molar-refractivity contribution in [1.82, 2.24) is 5.32 Å². The number of rotatable bonds is 3. The number of carbonyl (C=O) groups is 1. The van der Waals surface area contributed by atoms with Crippen LogP contribution in [0.2, 0.25) is 0 Å². The highest BCUT2D eigenvalue weighted by molar-refractivity contribution is 5.78. The van der Waals surface area contributed by atoms with Crippen LogP contribution < -0.4 is 5.32 Å². The number of terminal acetylenes is 1. The highest BCUT2D eigenvalue weighted by atomic mass is 16.1. The van der Waals surface area contributed by atoms with Gasteiger partial charge in [-0.1, -0.05) is 5.92 Å². The fraction of sp³-hybridized carbons (Fsp3) is 0.824. The maximum atomic E-state index is 12.3. The number of hydrogen-bond donors (Lipinski definition) is 1. The van der Waals surface area contributed by atoms with Crippen molar-refractivity contribution in [1.29, 1.82) is 0 Å². The normalized spacial score (nSPS) is 39.9. The van der Waals surface area contributed by atoms with Gasteiger partial charge in [0, 0.05) is 6.42 Å². The Hall–Kier alpha value is -0.970. The van der Waals surface area contributed by atoms with Crippen LogP contribution in [0.3, 0.4) is 0 Å². The first kappa shape index (κ1) is 13.0. The van der Waals surface area contributed by atoms with E-state index in [4.69, 9.17) is 6.42 Å². The van der Waals surface area contributed by atoms with E-state index in [2.05, 4.69) is 11.2 Å². The average molecular weight is 259 g/mol. The molecule has 4 aliphatic rings. The van der Waals surface area contributed by atoms with Crippen LogP contribution in [0, 0.1) is 35.5 Å². The Balaban J connectivity index is 1.67. The molecule has 4 fully saturated rings. The number of nitrogens with one attached hydrogen (secondary N) is 1. The molecule has 2 nitrogen and oxygen atoms in total. The predicted molar refractivity (Wildman–Crippen MR) is 76.3 cm³/mol. The largest absolute Gasteiger partial charge is 0.340 e. The van der Waals surface area contributed by atoms with Gasteiger partial charge < -0.3 is 5.32 Å². The summed E-state index contributed by atoms with van der Waals surface area (Å²) in [5.41, 5.74) is -0.205. The zero-order chi connectivity index (χ0) is 13.7. The summed E-state index contributed by atoms with van der Waals surface area (Å²) >= 11 is 0. The van der Waals surface area contributed by atoms with Crippen molar-refractivity contribution in [3.8, 4) is 12.3 Å². The molecule has 0 aromatic rings. The maximum absolute atomic E-state index is 12.3. The van der Waals surface area contributed by atoms with Gasteiger partial charge in [0.25, 0.3) is 0 Å². The molecule has 0 saturated heterocycles. The van der Waals surface area contributed by atoms with E-state index >= 15 is 0 Å². The molecule has 0 aromatic carbocycles. The van der Waals surface area contributed by atoms with Gasteiger partial charge >= 0.3 is 0 Å². The van der Waals surface area contributed by atoms with Gasteiger partial charge in [-0.25, -0.2) is 0 Å². The van der Waals surface area contributed by atoms with E-state index in [0.717, 1.165) is 17.8 Å². The molecule has 1 N–H and O–H groups in total. The van der Waals surface area contributed by atoms with E-state index in [0.29, 0.717) is 11.8 Å². The Kier molecular flexibility index (Phi) is 2.93. The summed E-state index contributed by atoms with van der Waals surface area (Å²) in [6.07, 6.45) is 14.3. The summed E-state index contributed by atoms with van der Waals surface area (Å²) in [6, 6.07) is 0. The van der Waals surface area contributed by atoms with E-state index in [-0.39, 0.29) is 5.91 Å². The molecular formula is C17H25NO. The van der Waals surface area contributed by atoms with Gasteiger partial charge in [0.15, 0.2) is 0 Å². The second-order valence-corrected chi connectivity index (χ2v) is 7.91. The molecule has 0 radical (unpaired) electrons. The molecule has 0 atom stereocenters. The molecule has 4 rings (SSSR count). The van der Waals surface area contributed by atoms with Gasteiger partial charge in [-0.05, 0) is 75.5 Å². The van der Waals surface area contributed by atoms with Crippen molar-refractivity contribution in [3.05, 3.63) is 0 Å². The third kappa shape index (κ3) is 2.53. The predicted octanol–water partition coefficient (Wildman–Crippen LogP) is 3.12. The topological polar surface area (TPSA) is 29.1 Å². The Morgan fingerprint density at radius 3 is 2.11 bits per heavy atom. The minimum absolute atomic E-state index is 0.157. The minimum Gasteiger partial charge on any atom is -0.340 e. The minimum atomic E-state index is -0.515. The summed E-state index contributed by atoms with van der Waals surface area (Å²) < 4.78 is 0. The molecule has 4 aliphatic carbocycles. The van der Waals surface area contributed by atoms with Gasteiger partial charge in [0.1, 0.15) is 0 Å². The summed E-state index contributed by atoms with van der Waals surface area (Å²) in [6.45, 7) is 3.79. The quantitative estimate of drug-likeness (QED) is 0.775. The monoisotopic (exact) mass is 259 g/mol. The summed E-state index contributed by atoms with van der Waals surface area (Å²) in [5, 5.41) is 3.01. The van der Waals surface area contributed by atoms with Crippen LogP contribution >= 0.6 is 0 Å². The van der Waals surface area contributed by atoms with Crippen molar-refractivity contribution < 1.29 is 4.79 Å². The van der Waals surface area contributed by atoms with Crippen molar-refractivity contribution in [2.24, 2.45) is 23.2 Å².